The van der Waals surface area contributed by atoms with Crippen LogP contribution in [0, 0.1) is 0 Å². The molecule has 1 N–H and O–H groups in total. The highest BCUT2D eigenvalue weighted by atomic mass is 35.5. The van der Waals surface area contributed by atoms with Gasteiger partial charge in [-0.3, -0.25) is 9.69 Å². The van der Waals surface area contributed by atoms with Crippen LogP contribution in [0.3, 0.4) is 0 Å². The Kier molecular flexibility index (Phi) is 4.76. The number of para-hydroxylation sites is 1. The van der Waals surface area contributed by atoms with Crippen LogP contribution >= 0.6 is 11.6 Å². The van der Waals surface area contributed by atoms with E-state index in [1.807, 2.05) is 12.1 Å². The van der Waals surface area contributed by atoms with Crippen molar-refractivity contribution in [3.8, 4) is 5.75 Å². The Morgan fingerprint density at radius 1 is 1.13 bits per heavy atom. The summed E-state index contributed by atoms with van der Waals surface area (Å²) in [5.41, 5.74) is -0.683. The van der Waals surface area contributed by atoms with Gasteiger partial charge in [0.15, 0.2) is 0 Å². The lowest BCUT2D eigenvalue weighted by Gasteiger charge is -2.24. The number of carbonyl (C=O) groups excluding carboxylic acids is 2. The van der Waals surface area contributed by atoms with E-state index in [0.29, 0.717) is 10.8 Å². The third-order valence-electron chi connectivity index (χ3n) is 4.61. The second-order valence-corrected chi connectivity index (χ2v) is 6.57. The highest BCUT2D eigenvalue weighted by molar-refractivity contribution is 6.32. The number of ether oxygens (including phenoxy) is 1. The fraction of sp³-hybridized carbons (Fsp3) is 0.529. The first-order chi connectivity index (χ1) is 11.1. The SMILES string of the molecule is O=C1NC2(CCCCCC2)C(=O)N1CCOc1ccccc1Cl. The van der Waals surface area contributed by atoms with Gasteiger partial charge >= 0.3 is 6.03 Å². The van der Waals surface area contributed by atoms with E-state index in [0.717, 1.165) is 38.5 Å². The van der Waals surface area contributed by atoms with Gasteiger partial charge < -0.3 is 10.1 Å². The number of amides is 3. The van der Waals surface area contributed by atoms with E-state index in [-0.39, 0.29) is 25.1 Å². The van der Waals surface area contributed by atoms with Crippen LogP contribution in [0.5, 0.6) is 5.75 Å². The summed E-state index contributed by atoms with van der Waals surface area (Å²) < 4.78 is 5.59. The standard InChI is InChI=1S/C17H21ClN2O3/c18-13-7-3-4-8-14(13)23-12-11-20-15(21)17(19-16(20)22)9-5-1-2-6-10-17/h3-4,7-8H,1-2,5-6,9-12H2,(H,19,22). The Labute approximate surface area is 140 Å². The number of imide groups is 1. The molecular weight excluding hydrogens is 316 g/mol. The molecule has 0 bridgehead atoms. The molecule has 2 aliphatic rings. The average Bonchev–Trinajstić information content (AvgIpc) is 2.71. The quantitative estimate of drug-likeness (QED) is 0.858. The van der Waals surface area contributed by atoms with Crippen molar-refractivity contribution in [2.45, 2.75) is 44.1 Å². The number of carbonyl (C=O) groups is 2. The first-order valence-corrected chi connectivity index (χ1v) is 8.52. The molecule has 1 spiro atoms. The summed E-state index contributed by atoms with van der Waals surface area (Å²) in [7, 11) is 0. The van der Waals surface area contributed by atoms with Gasteiger partial charge in [-0.1, -0.05) is 49.4 Å². The summed E-state index contributed by atoms with van der Waals surface area (Å²) in [6.07, 6.45) is 5.69. The first-order valence-electron chi connectivity index (χ1n) is 8.14. The summed E-state index contributed by atoms with van der Waals surface area (Å²) in [6.45, 7) is 0.469. The van der Waals surface area contributed by atoms with Crippen molar-refractivity contribution in [2.75, 3.05) is 13.2 Å². The second kappa shape index (κ2) is 6.79. The van der Waals surface area contributed by atoms with Gasteiger partial charge in [0.05, 0.1) is 11.6 Å². The second-order valence-electron chi connectivity index (χ2n) is 6.16. The third-order valence-corrected chi connectivity index (χ3v) is 4.92. The van der Waals surface area contributed by atoms with Gasteiger partial charge in [-0.15, -0.1) is 0 Å². The molecular formula is C17H21ClN2O3. The van der Waals surface area contributed by atoms with Gasteiger partial charge in [0, 0.05) is 0 Å². The largest absolute Gasteiger partial charge is 0.490 e. The van der Waals surface area contributed by atoms with Crippen molar-refractivity contribution in [1.29, 1.82) is 0 Å². The molecule has 1 saturated carbocycles. The molecule has 1 aliphatic carbocycles. The minimum atomic E-state index is -0.683. The zero-order valence-electron chi connectivity index (χ0n) is 13.0. The number of hydrogen-bond donors (Lipinski definition) is 1. The predicted molar refractivity (Wildman–Crippen MR) is 87.6 cm³/mol. The van der Waals surface area contributed by atoms with Crippen LogP contribution in [0.1, 0.15) is 38.5 Å². The maximum atomic E-state index is 12.7. The van der Waals surface area contributed by atoms with Crippen LogP contribution in [0.25, 0.3) is 0 Å². The maximum Gasteiger partial charge on any atom is 0.325 e. The summed E-state index contributed by atoms with van der Waals surface area (Å²) in [4.78, 5) is 26.2. The molecule has 23 heavy (non-hydrogen) atoms. The molecule has 2 fully saturated rings. The van der Waals surface area contributed by atoms with Gasteiger partial charge in [-0.2, -0.15) is 0 Å². The maximum absolute atomic E-state index is 12.7. The predicted octanol–water partition coefficient (Wildman–Crippen LogP) is 3.36. The van der Waals surface area contributed by atoms with Crippen LogP contribution in [-0.4, -0.2) is 35.5 Å². The minimum Gasteiger partial charge on any atom is -0.490 e. The van der Waals surface area contributed by atoms with Crippen LogP contribution < -0.4 is 10.1 Å². The summed E-state index contributed by atoms with van der Waals surface area (Å²) >= 11 is 6.03. The summed E-state index contributed by atoms with van der Waals surface area (Å²) in [6, 6.07) is 6.85. The minimum absolute atomic E-state index is 0.104. The molecule has 1 saturated heterocycles. The van der Waals surface area contributed by atoms with Crippen LogP contribution in [-0.2, 0) is 4.79 Å². The molecule has 5 nitrogen and oxygen atoms in total. The van der Waals surface area contributed by atoms with Gasteiger partial charge in [-0.25, -0.2) is 4.79 Å². The monoisotopic (exact) mass is 336 g/mol. The lowest BCUT2D eigenvalue weighted by atomic mass is 9.90. The zero-order valence-corrected chi connectivity index (χ0v) is 13.8. The van der Waals surface area contributed by atoms with Gasteiger partial charge in [0.25, 0.3) is 5.91 Å². The first kappa shape index (κ1) is 16.1. The molecule has 1 aromatic rings. The van der Waals surface area contributed by atoms with Crippen LogP contribution in [0.15, 0.2) is 24.3 Å². The van der Waals surface area contributed by atoms with Crippen molar-refractivity contribution in [3.05, 3.63) is 29.3 Å². The van der Waals surface area contributed by atoms with Crippen molar-refractivity contribution >= 4 is 23.5 Å². The van der Waals surface area contributed by atoms with Crippen LogP contribution in [0.2, 0.25) is 5.02 Å². The molecule has 1 aliphatic heterocycles. The highest BCUT2D eigenvalue weighted by Crippen LogP contribution is 2.32. The Morgan fingerprint density at radius 2 is 1.83 bits per heavy atom. The third kappa shape index (κ3) is 3.29. The summed E-state index contributed by atoms with van der Waals surface area (Å²) in [5, 5.41) is 3.44. The van der Waals surface area contributed by atoms with Crippen molar-refractivity contribution in [2.24, 2.45) is 0 Å². The molecule has 0 unspecified atom stereocenters. The van der Waals surface area contributed by atoms with Crippen LogP contribution in [0.4, 0.5) is 4.79 Å². The zero-order chi connectivity index (χ0) is 16.3. The molecule has 1 heterocycles. The Bertz CT molecular complexity index is 597. The smallest absolute Gasteiger partial charge is 0.325 e. The molecule has 3 rings (SSSR count). The van der Waals surface area contributed by atoms with E-state index in [1.54, 1.807) is 12.1 Å². The molecule has 0 atom stereocenters. The fourth-order valence-corrected chi connectivity index (χ4v) is 3.55. The van der Waals surface area contributed by atoms with E-state index >= 15 is 0 Å². The molecule has 124 valence electrons. The molecule has 0 aromatic heterocycles. The lowest BCUT2D eigenvalue weighted by Crippen LogP contribution is -2.46. The number of halogens is 1. The lowest BCUT2D eigenvalue weighted by molar-refractivity contribution is -0.132. The van der Waals surface area contributed by atoms with E-state index < -0.39 is 5.54 Å². The topological polar surface area (TPSA) is 58.6 Å². The molecule has 3 amide bonds. The van der Waals surface area contributed by atoms with E-state index in [9.17, 15) is 9.59 Å². The Hall–Kier alpha value is -1.75. The molecule has 0 radical (unpaired) electrons. The highest BCUT2D eigenvalue weighted by Gasteiger charge is 2.50. The number of rotatable bonds is 4. The van der Waals surface area contributed by atoms with Crippen molar-refractivity contribution in [3.63, 3.8) is 0 Å². The number of benzene rings is 1. The van der Waals surface area contributed by atoms with E-state index in [2.05, 4.69) is 5.32 Å². The number of nitrogens with zero attached hydrogens (tertiary/aromatic N) is 1. The van der Waals surface area contributed by atoms with Crippen molar-refractivity contribution < 1.29 is 14.3 Å². The summed E-state index contributed by atoms with van der Waals surface area (Å²) in [5.74, 6) is 0.456. The fourth-order valence-electron chi connectivity index (χ4n) is 3.36. The molecule has 6 heteroatoms. The van der Waals surface area contributed by atoms with Gasteiger partial charge in [-0.05, 0) is 25.0 Å². The normalized spacial score (nSPS) is 20.5. The Balaban J connectivity index is 1.61. The van der Waals surface area contributed by atoms with E-state index in [4.69, 9.17) is 16.3 Å². The van der Waals surface area contributed by atoms with Gasteiger partial charge in [0.2, 0.25) is 0 Å². The number of hydrogen-bond acceptors (Lipinski definition) is 3. The average molecular weight is 337 g/mol. The molecule has 1 aromatic carbocycles. The number of urea groups is 1. The van der Waals surface area contributed by atoms with Crippen molar-refractivity contribution in [1.82, 2.24) is 10.2 Å². The Morgan fingerprint density at radius 3 is 2.52 bits per heavy atom. The van der Waals surface area contributed by atoms with E-state index in [1.165, 1.54) is 4.90 Å². The number of nitrogens with one attached hydrogen (secondary N) is 1. The van der Waals surface area contributed by atoms with Gasteiger partial charge in [0.1, 0.15) is 17.9 Å².